The quantitative estimate of drug-likeness (QED) is 0.727. The molecule has 0 radical (unpaired) electrons. The average molecular weight is 196 g/mol. The number of furan rings is 1. The number of hydrogen-bond donors (Lipinski definition) is 2. The van der Waals surface area contributed by atoms with Crippen molar-refractivity contribution in [3.05, 3.63) is 24.2 Å². The summed E-state index contributed by atoms with van der Waals surface area (Å²) in [5.41, 5.74) is 5.18. The Hall–Kier alpha value is -1.29. The summed E-state index contributed by atoms with van der Waals surface area (Å²) in [4.78, 5) is 10.9. The van der Waals surface area contributed by atoms with Gasteiger partial charge in [-0.3, -0.25) is 4.79 Å². The van der Waals surface area contributed by atoms with Gasteiger partial charge in [-0.25, -0.2) is 0 Å². The zero-order valence-corrected chi connectivity index (χ0v) is 8.32. The summed E-state index contributed by atoms with van der Waals surface area (Å²) in [6, 6.07) is 3.92. The van der Waals surface area contributed by atoms with Gasteiger partial charge in [0.2, 0.25) is 5.91 Å². The molecule has 3 N–H and O–H groups in total. The number of rotatable bonds is 5. The normalized spacial score (nSPS) is 12.4. The SMILES string of the molecule is CC(CCc1ccco1)NC(=O)CN. The van der Waals surface area contributed by atoms with Gasteiger partial charge in [-0.15, -0.1) is 0 Å². The van der Waals surface area contributed by atoms with Crippen LogP contribution in [0.5, 0.6) is 0 Å². The van der Waals surface area contributed by atoms with E-state index < -0.39 is 0 Å². The van der Waals surface area contributed by atoms with E-state index in [0.29, 0.717) is 0 Å². The highest BCUT2D eigenvalue weighted by molar-refractivity contribution is 5.77. The third-order valence-corrected chi connectivity index (χ3v) is 2.00. The molecule has 1 unspecified atom stereocenters. The molecule has 0 aliphatic rings. The van der Waals surface area contributed by atoms with Gasteiger partial charge in [0.1, 0.15) is 5.76 Å². The molecule has 1 rings (SSSR count). The topological polar surface area (TPSA) is 68.3 Å². The summed E-state index contributed by atoms with van der Waals surface area (Å²) in [5, 5.41) is 2.79. The van der Waals surface area contributed by atoms with E-state index in [2.05, 4.69) is 5.32 Å². The molecule has 1 atom stereocenters. The van der Waals surface area contributed by atoms with Crippen LogP contribution in [0, 0.1) is 0 Å². The molecule has 0 aromatic carbocycles. The molecule has 14 heavy (non-hydrogen) atoms. The highest BCUT2D eigenvalue weighted by Crippen LogP contribution is 2.05. The summed E-state index contributed by atoms with van der Waals surface area (Å²) < 4.78 is 5.18. The minimum absolute atomic E-state index is 0.0467. The first-order valence-corrected chi connectivity index (χ1v) is 4.74. The maximum absolute atomic E-state index is 10.9. The second-order valence-electron chi connectivity index (χ2n) is 3.29. The molecule has 0 saturated carbocycles. The lowest BCUT2D eigenvalue weighted by Gasteiger charge is -2.11. The summed E-state index contributed by atoms with van der Waals surface area (Å²) >= 11 is 0. The largest absolute Gasteiger partial charge is 0.469 e. The molecule has 4 heteroatoms. The maximum atomic E-state index is 10.9. The van der Waals surface area contributed by atoms with Crippen molar-refractivity contribution in [2.75, 3.05) is 6.54 Å². The lowest BCUT2D eigenvalue weighted by Crippen LogP contribution is -2.37. The molecule has 78 valence electrons. The zero-order valence-electron chi connectivity index (χ0n) is 8.32. The van der Waals surface area contributed by atoms with Crippen molar-refractivity contribution in [2.24, 2.45) is 5.73 Å². The fraction of sp³-hybridized carbons (Fsp3) is 0.500. The van der Waals surface area contributed by atoms with E-state index in [0.717, 1.165) is 18.6 Å². The lowest BCUT2D eigenvalue weighted by atomic mass is 10.1. The molecule has 1 heterocycles. The molecule has 0 bridgehead atoms. The Kier molecular flexibility index (Phi) is 4.19. The van der Waals surface area contributed by atoms with Crippen molar-refractivity contribution < 1.29 is 9.21 Å². The van der Waals surface area contributed by atoms with Crippen LogP contribution in [0.4, 0.5) is 0 Å². The standard InChI is InChI=1S/C10H16N2O2/c1-8(12-10(13)7-11)4-5-9-3-2-6-14-9/h2-3,6,8H,4-5,7,11H2,1H3,(H,12,13). The number of hydrogen-bond acceptors (Lipinski definition) is 3. The second kappa shape index (κ2) is 5.44. The van der Waals surface area contributed by atoms with Gasteiger partial charge in [0.15, 0.2) is 0 Å². The zero-order chi connectivity index (χ0) is 10.4. The average Bonchev–Trinajstić information content (AvgIpc) is 2.67. The van der Waals surface area contributed by atoms with Crippen LogP contribution >= 0.6 is 0 Å². The highest BCUT2D eigenvalue weighted by Gasteiger charge is 2.06. The van der Waals surface area contributed by atoms with Crippen molar-refractivity contribution >= 4 is 5.91 Å². The first-order chi connectivity index (χ1) is 6.72. The van der Waals surface area contributed by atoms with Gasteiger partial charge in [0.25, 0.3) is 0 Å². The van der Waals surface area contributed by atoms with Crippen molar-refractivity contribution in [1.29, 1.82) is 0 Å². The van der Waals surface area contributed by atoms with E-state index in [9.17, 15) is 4.79 Å². The van der Waals surface area contributed by atoms with Crippen molar-refractivity contribution in [1.82, 2.24) is 5.32 Å². The van der Waals surface area contributed by atoms with Crippen molar-refractivity contribution in [3.8, 4) is 0 Å². The number of carbonyl (C=O) groups is 1. The molecule has 0 saturated heterocycles. The molecule has 1 aromatic rings. The fourth-order valence-corrected chi connectivity index (χ4v) is 1.22. The van der Waals surface area contributed by atoms with E-state index in [4.69, 9.17) is 10.2 Å². The van der Waals surface area contributed by atoms with Crippen LogP contribution in [-0.2, 0) is 11.2 Å². The minimum atomic E-state index is -0.114. The highest BCUT2D eigenvalue weighted by atomic mass is 16.3. The first kappa shape index (κ1) is 10.8. The Bertz CT molecular complexity index is 270. The number of nitrogens with one attached hydrogen (secondary N) is 1. The number of nitrogens with two attached hydrogens (primary N) is 1. The molecule has 0 spiro atoms. The van der Waals surface area contributed by atoms with Gasteiger partial charge < -0.3 is 15.5 Å². The smallest absolute Gasteiger partial charge is 0.233 e. The van der Waals surface area contributed by atoms with Crippen LogP contribution in [0.3, 0.4) is 0 Å². The van der Waals surface area contributed by atoms with Crippen LogP contribution < -0.4 is 11.1 Å². The summed E-state index contributed by atoms with van der Waals surface area (Å²) in [5.74, 6) is 0.829. The van der Waals surface area contributed by atoms with Crippen LogP contribution in [0.1, 0.15) is 19.1 Å². The second-order valence-corrected chi connectivity index (χ2v) is 3.29. The monoisotopic (exact) mass is 196 g/mol. The molecular formula is C10H16N2O2. The van der Waals surface area contributed by atoms with Gasteiger partial charge in [0.05, 0.1) is 12.8 Å². The minimum Gasteiger partial charge on any atom is -0.469 e. The molecule has 1 amide bonds. The molecule has 1 aromatic heterocycles. The van der Waals surface area contributed by atoms with Crippen molar-refractivity contribution in [2.45, 2.75) is 25.8 Å². The van der Waals surface area contributed by atoms with Gasteiger partial charge in [-0.1, -0.05) is 0 Å². The molecular weight excluding hydrogens is 180 g/mol. The summed E-state index contributed by atoms with van der Waals surface area (Å²) in [6.07, 6.45) is 3.34. The third kappa shape index (κ3) is 3.62. The van der Waals surface area contributed by atoms with E-state index in [-0.39, 0.29) is 18.5 Å². The van der Waals surface area contributed by atoms with Gasteiger partial charge in [-0.05, 0) is 25.5 Å². The first-order valence-electron chi connectivity index (χ1n) is 4.74. The Morgan fingerprint density at radius 2 is 2.50 bits per heavy atom. The molecule has 0 aliphatic heterocycles. The lowest BCUT2D eigenvalue weighted by molar-refractivity contribution is -0.120. The van der Waals surface area contributed by atoms with Crippen LogP contribution in [0.25, 0.3) is 0 Å². The van der Waals surface area contributed by atoms with Gasteiger partial charge >= 0.3 is 0 Å². The van der Waals surface area contributed by atoms with Gasteiger partial charge in [0, 0.05) is 12.5 Å². The Morgan fingerprint density at radius 1 is 1.71 bits per heavy atom. The number of aryl methyl sites for hydroxylation is 1. The Balaban J connectivity index is 2.21. The van der Waals surface area contributed by atoms with E-state index in [1.807, 2.05) is 19.1 Å². The number of amides is 1. The van der Waals surface area contributed by atoms with E-state index in [1.165, 1.54) is 0 Å². The van der Waals surface area contributed by atoms with Crippen LogP contribution in [0.15, 0.2) is 22.8 Å². The van der Waals surface area contributed by atoms with Crippen LogP contribution in [0.2, 0.25) is 0 Å². The van der Waals surface area contributed by atoms with E-state index >= 15 is 0 Å². The van der Waals surface area contributed by atoms with E-state index in [1.54, 1.807) is 6.26 Å². The fourth-order valence-electron chi connectivity index (χ4n) is 1.22. The molecule has 0 aliphatic carbocycles. The van der Waals surface area contributed by atoms with Gasteiger partial charge in [-0.2, -0.15) is 0 Å². The molecule has 4 nitrogen and oxygen atoms in total. The van der Waals surface area contributed by atoms with Crippen LogP contribution in [-0.4, -0.2) is 18.5 Å². The maximum Gasteiger partial charge on any atom is 0.233 e. The summed E-state index contributed by atoms with van der Waals surface area (Å²) in [6.45, 7) is 2.00. The number of carbonyl (C=O) groups excluding carboxylic acids is 1. The Morgan fingerprint density at radius 3 is 3.07 bits per heavy atom. The summed E-state index contributed by atoms with van der Waals surface area (Å²) in [7, 11) is 0. The third-order valence-electron chi connectivity index (χ3n) is 2.00. The predicted octanol–water partition coefficient (Wildman–Crippen LogP) is 0.676. The van der Waals surface area contributed by atoms with Crippen molar-refractivity contribution in [3.63, 3.8) is 0 Å². The predicted molar refractivity (Wildman–Crippen MR) is 53.7 cm³/mol. The Labute approximate surface area is 83.5 Å². The molecule has 0 fully saturated rings.